The van der Waals surface area contributed by atoms with Crippen molar-refractivity contribution < 1.29 is 23.7 Å². The molecule has 0 unspecified atom stereocenters. The third-order valence-corrected chi connectivity index (χ3v) is 4.12. The summed E-state index contributed by atoms with van der Waals surface area (Å²) in [5, 5.41) is 3.15. The lowest BCUT2D eigenvalue weighted by atomic mass is 10.1. The van der Waals surface area contributed by atoms with E-state index in [1.807, 2.05) is 31.2 Å². The van der Waals surface area contributed by atoms with E-state index in [9.17, 15) is 4.79 Å². The molecular formula is C19H20ClNO5. The average Bonchev–Trinajstić information content (AvgIpc) is 2.67. The Bertz CT molecular complexity index is 795. The molecule has 0 fully saturated rings. The molecule has 1 N–H and O–H groups in total. The maximum atomic E-state index is 12.5. The lowest BCUT2D eigenvalue weighted by molar-refractivity contribution is 0.0789. The van der Waals surface area contributed by atoms with Gasteiger partial charge in [0.1, 0.15) is 12.7 Å². The highest BCUT2D eigenvalue weighted by molar-refractivity contribution is 6.32. The number of carbonyl (C=O) groups is 1. The van der Waals surface area contributed by atoms with E-state index < -0.39 is 0 Å². The van der Waals surface area contributed by atoms with Gasteiger partial charge in [-0.2, -0.15) is 0 Å². The summed E-state index contributed by atoms with van der Waals surface area (Å²) < 4.78 is 22.2. The number of rotatable bonds is 6. The minimum absolute atomic E-state index is 0.270. The van der Waals surface area contributed by atoms with Gasteiger partial charge in [-0.05, 0) is 31.2 Å². The zero-order valence-corrected chi connectivity index (χ0v) is 15.3. The van der Waals surface area contributed by atoms with E-state index in [-0.39, 0.29) is 12.0 Å². The topological polar surface area (TPSA) is 66.0 Å². The van der Waals surface area contributed by atoms with Gasteiger partial charge in [-0.1, -0.05) is 23.7 Å². The predicted octanol–water partition coefficient (Wildman–Crippen LogP) is 3.32. The van der Waals surface area contributed by atoms with Gasteiger partial charge in [0.05, 0.1) is 25.3 Å². The number of hydrogen-bond acceptors (Lipinski definition) is 5. The summed E-state index contributed by atoms with van der Waals surface area (Å²) in [6.07, 6.45) is -0.270. The van der Waals surface area contributed by atoms with E-state index in [2.05, 4.69) is 5.32 Å². The summed E-state index contributed by atoms with van der Waals surface area (Å²) >= 11 is 6.21. The molecule has 1 aliphatic heterocycles. The molecule has 0 saturated heterocycles. The molecule has 6 nitrogen and oxygen atoms in total. The molecule has 0 aliphatic carbocycles. The third kappa shape index (κ3) is 3.96. The van der Waals surface area contributed by atoms with Crippen LogP contribution in [-0.4, -0.2) is 38.9 Å². The molecule has 0 bridgehead atoms. The molecule has 7 heteroatoms. The number of benzene rings is 2. The lowest BCUT2D eigenvalue weighted by Gasteiger charge is -2.26. The van der Waals surface area contributed by atoms with E-state index in [1.54, 1.807) is 12.1 Å². The van der Waals surface area contributed by atoms with E-state index in [1.165, 1.54) is 7.11 Å². The normalized spacial score (nSPS) is 15.3. The molecule has 0 saturated carbocycles. The largest absolute Gasteiger partial charge is 0.493 e. The molecule has 0 spiro atoms. The van der Waals surface area contributed by atoms with Crippen LogP contribution in [0, 0.1) is 0 Å². The van der Waals surface area contributed by atoms with Crippen LogP contribution in [0.2, 0.25) is 5.02 Å². The molecule has 138 valence electrons. The van der Waals surface area contributed by atoms with Crippen molar-refractivity contribution in [2.75, 3.05) is 26.9 Å². The van der Waals surface area contributed by atoms with Crippen LogP contribution in [0.1, 0.15) is 17.3 Å². The van der Waals surface area contributed by atoms with Crippen molar-refractivity contribution >= 4 is 17.5 Å². The van der Waals surface area contributed by atoms with Crippen LogP contribution in [0.25, 0.3) is 0 Å². The van der Waals surface area contributed by atoms with Crippen LogP contribution in [0.15, 0.2) is 36.4 Å². The first-order valence-electron chi connectivity index (χ1n) is 8.29. The Morgan fingerprint density at radius 3 is 2.81 bits per heavy atom. The number of halogens is 1. The van der Waals surface area contributed by atoms with Gasteiger partial charge < -0.3 is 24.3 Å². The quantitative estimate of drug-likeness (QED) is 0.836. The zero-order chi connectivity index (χ0) is 18.5. The van der Waals surface area contributed by atoms with Crippen LogP contribution < -0.4 is 24.3 Å². The van der Waals surface area contributed by atoms with E-state index >= 15 is 0 Å². The summed E-state index contributed by atoms with van der Waals surface area (Å²) in [5.74, 6) is 1.93. The van der Waals surface area contributed by atoms with Crippen molar-refractivity contribution in [3.63, 3.8) is 0 Å². The lowest BCUT2D eigenvalue weighted by Crippen LogP contribution is -2.40. The second-order valence-electron chi connectivity index (χ2n) is 5.63. The number of para-hydroxylation sites is 2. The number of methoxy groups -OCH3 is 1. The number of fused-ring (bicyclic) bond motifs is 1. The highest BCUT2D eigenvalue weighted by atomic mass is 35.5. The number of nitrogens with one attached hydrogen (secondary N) is 1. The minimum Gasteiger partial charge on any atom is -0.493 e. The van der Waals surface area contributed by atoms with Gasteiger partial charge in [0.25, 0.3) is 5.91 Å². The smallest absolute Gasteiger partial charge is 0.251 e. The third-order valence-electron chi connectivity index (χ3n) is 3.84. The molecule has 3 rings (SSSR count). The number of hydrogen-bond donors (Lipinski definition) is 1. The van der Waals surface area contributed by atoms with Gasteiger partial charge in [-0.3, -0.25) is 4.79 Å². The Balaban J connectivity index is 1.65. The van der Waals surface area contributed by atoms with Crippen molar-refractivity contribution in [2.45, 2.75) is 13.0 Å². The van der Waals surface area contributed by atoms with Crippen LogP contribution >= 0.6 is 11.6 Å². The highest BCUT2D eigenvalue weighted by Gasteiger charge is 2.22. The number of amides is 1. The Hall–Kier alpha value is -2.60. The second-order valence-corrected chi connectivity index (χ2v) is 6.04. The van der Waals surface area contributed by atoms with Crippen LogP contribution in [0.5, 0.6) is 23.0 Å². The molecule has 1 aliphatic rings. The Labute approximate surface area is 157 Å². The summed E-state index contributed by atoms with van der Waals surface area (Å²) in [7, 11) is 1.50. The van der Waals surface area contributed by atoms with Crippen molar-refractivity contribution in [2.24, 2.45) is 0 Å². The van der Waals surface area contributed by atoms with Crippen molar-refractivity contribution in [1.82, 2.24) is 5.32 Å². The first-order chi connectivity index (χ1) is 12.6. The fourth-order valence-electron chi connectivity index (χ4n) is 2.61. The zero-order valence-electron chi connectivity index (χ0n) is 14.6. The Kier molecular flexibility index (Phi) is 5.73. The molecule has 0 aromatic heterocycles. The van der Waals surface area contributed by atoms with E-state index in [4.69, 9.17) is 30.5 Å². The Morgan fingerprint density at radius 2 is 2.08 bits per heavy atom. The first kappa shape index (κ1) is 18.2. The maximum Gasteiger partial charge on any atom is 0.251 e. The van der Waals surface area contributed by atoms with E-state index in [0.717, 1.165) is 0 Å². The first-order valence-corrected chi connectivity index (χ1v) is 8.67. The molecule has 1 atom stereocenters. The Morgan fingerprint density at radius 1 is 1.31 bits per heavy atom. The van der Waals surface area contributed by atoms with Gasteiger partial charge in [-0.25, -0.2) is 0 Å². The average molecular weight is 378 g/mol. The standard InChI is InChI=1S/C19H20ClNO5/c1-3-24-18-14(20)8-12(9-17(18)23-2)19(22)21-10-13-11-25-15-6-4-5-7-16(15)26-13/h4-9,13H,3,10-11H2,1-2H3,(H,21,22)/t13-/m1/s1. The molecule has 0 radical (unpaired) electrons. The molecule has 26 heavy (non-hydrogen) atoms. The minimum atomic E-state index is -0.282. The van der Waals surface area contributed by atoms with Gasteiger partial charge in [-0.15, -0.1) is 0 Å². The maximum absolute atomic E-state index is 12.5. The van der Waals surface area contributed by atoms with Gasteiger partial charge in [0.2, 0.25) is 0 Å². The van der Waals surface area contributed by atoms with Gasteiger partial charge in [0.15, 0.2) is 23.0 Å². The monoisotopic (exact) mass is 377 g/mol. The van der Waals surface area contributed by atoms with E-state index in [0.29, 0.717) is 53.3 Å². The summed E-state index contributed by atoms with van der Waals surface area (Å²) in [6, 6.07) is 10.6. The molecule has 1 heterocycles. The predicted molar refractivity (Wildman–Crippen MR) is 97.9 cm³/mol. The summed E-state index contributed by atoms with van der Waals surface area (Å²) in [5.41, 5.74) is 0.382. The van der Waals surface area contributed by atoms with Crippen molar-refractivity contribution in [3.05, 3.63) is 47.0 Å². The highest BCUT2D eigenvalue weighted by Crippen LogP contribution is 2.36. The van der Waals surface area contributed by atoms with Crippen molar-refractivity contribution in [1.29, 1.82) is 0 Å². The molecule has 1 amide bonds. The fraction of sp³-hybridized carbons (Fsp3) is 0.316. The van der Waals surface area contributed by atoms with Crippen molar-refractivity contribution in [3.8, 4) is 23.0 Å². The van der Waals surface area contributed by atoms with Crippen LogP contribution in [0.4, 0.5) is 0 Å². The molecule has 2 aromatic rings. The number of carbonyl (C=O) groups excluding carboxylic acids is 1. The van der Waals surface area contributed by atoms with Crippen LogP contribution in [0.3, 0.4) is 0 Å². The fourth-order valence-corrected chi connectivity index (χ4v) is 2.87. The number of ether oxygens (including phenoxy) is 4. The summed E-state index contributed by atoms with van der Waals surface area (Å²) in [4.78, 5) is 12.5. The second kappa shape index (κ2) is 8.19. The van der Waals surface area contributed by atoms with Gasteiger partial charge >= 0.3 is 0 Å². The molecular weight excluding hydrogens is 358 g/mol. The SMILES string of the molecule is CCOc1c(Cl)cc(C(=O)NC[C@@H]2COc3ccccc3O2)cc1OC. The van der Waals surface area contributed by atoms with Crippen LogP contribution in [-0.2, 0) is 0 Å². The van der Waals surface area contributed by atoms with Gasteiger partial charge in [0, 0.05) is 5.56 Å². The molecule has 2 aromatic carbocycles. The summed E-state index contributed by atoms with van der Waals surface area (Å²) in [6.45, 7) is 2.97.